The lowest BCUT2D eigenvalue weighted by molar-refractivity contribution is -0.165. The summed E-state index contributed by atoms with van der Waals surface area (Å²) in [6, 6.07) is 0. The summed E-state index contributed by atoms with van der Waals surface area (Å²) in [5.41, 5.74) is -3.67. The van der Waals surface area contributed by atoms with Gasteiger partial charge in [0.05, 0.1) is 13.7 Å². The van der Waals surface area contributed by atoms with Gasteiger partial charge in [0.25, 0.3) is 0 Å². The topological polar surface area (TPSA) is 67.9 Å². The number of rotatable bonds is 1. The number of likely N-dealkylation sites (tertiary alicyclic amines) is 1. The summed E-state index contributed by atoms with van der Waals surface area (Å²) in [5.74, 6) is -0.557. The van der Waals surface area contributed by atoms with Crippen LogP contribution in [0.1, 0.15) is 27.2 Å². The van der Waals surface area contributed by atoms with Gasteiger partial charge in [0.2, 0.25) is 0 Å². The van der Waals surface area contributed by atoms with Gasteiger partial charge in [-0.3, -0.25) is 4.79 Å². The predicted molar refractivity (Wildman–Crippen MR) is 73.6 cm³/mol. The molecule has 2 aliphatic heterocycles. The van der Waals surface area contributed by atoms with E-state index < -0.39 is 28.7 Å². The minimum absolute atomic E-state index is 0.0292. The highest BCUT2D eigenvalue weighted by Crippen LogP contribution is 2.46. The molecule has 0 radical (unpaired) electrons. The number of nitrogens with one attached hydrogen (secondary N) is 1. The fourth-order valence-electron chi connectivity index (χ4n) is 3.06. The van der Waals surface area contributed by atoms with Gasteiger partial charge in [-0.25, -0.2) is 9.18 Å². The molecule has 2 heterocycles. The predicted octanol–water partition coefficient (Wildman–Crippen LogP) is 1.10. The highest BCUT2D eigenvalue weighted by molar-refractivity contribution is 5.80. The van der Waals surface area contributed by atoms with Crippen molar-refractivity contribution in [3.05, 3.63) is 0 Å². The number of nitrogens with zero attached hydrogens (tertiary/aromatic N) is 1. The van der Waals surface area contributed by atoms with Gasteiger partial charge in [-0.1, -0.05) is 0 Å². The smallest absolute Gasteiger partial charge is 0.410 e. The summed E-state index contributed by atoms with van der Waals surface area (Å²) in [7, 11) is 1.26. The molecular formula is C14H23FN2O4. The molecule has 0 aromatic heterocycles. The molecule has 1 N–H and O–H groups in total. The highest BCUT2D eigenvalue weighted by Gasteiger charge is 2.64. The van der Waals surface area contributed by atoms with Crippen LogP contribution in [0.5, 0.6) is 0 Å². The van der Waals surface area contributed by atoms with E-state index in [4.69, 9.17) is 9.47 Å². The molecule has 120 valence electrons. The fraction of sp³-hybridized carbons (Fsp3) is 0.857. The van der Waals surface area contributed by atoms with E-state index in [9.17, 15) is 9.59 Å². The van der Waals surface area contributed by atoms with Gasteiger partial charge in [-0.2, -0.15) is 0 Å². The zero-order chi connectivity index (χ0) is 15.9. The third-order valence-electron chi connectivity index (χ3n) is 4.17. The van der Waals surface area contributed by atoms with Crippen LogP contribution in [0.4, 0.5) is 9.18 Å². The minimum atomic E-state index is -1.82. The van der Waals surface area contributed by atoms with Crippen molar-refractivity contribution < 1.29 is 23.5 Å². The van der Waals surface area contributed by atoms with E-state index in [1.54, 1.807) is 20.8 Å². The van der Waals surface area contributed by atoms with Crippen LogP contribution in [0, 0.1) is 5.41 Å². The van der Waals surface area contributed by atoms with Gasteiger partial charge in [0.1, 0.15) is 11.0 Å². The van der Waals surface area contributed by atoms with Crippen molar-refractivity contribution in [2.45, 2.75) is 38.5 Å². The number of methoxy groups -OCH3 is 1. The van der Waals surface area contributed by atoms with Crippen molar-refractivity contribution in [2.75, 3.05) is 33.3 Å². The van der Waals surface area contributed by atoms with E-state index in [0.717, 1.165) is 0 Å². The maximum atomic E-state index is 15.3. The molecule has 2 aliphatic rings. The molecule has 0 unspecified atom stereocenters. The second-order valence-electron chi connectivity index (χ2n) is 6.79. The van der Waals surface area contributed by atoms with Crippen molar-refractivity contribution >= 4 is 12.1 Å². The third-order valence-corrected chi connectivity index (χ3v) is 4.17. The summed E-state index contributed by atoms with van der Waals surface area (Å²) in [6.07, 6.45) is -0.326. The van der Waals surface area contributed by atoms with E-state index in [1.165, 1.54) is 12.0 Å². The van der Waals surface area contributed by atoms with Crippen molar-refractivity contribution in [1.82, 2.24) is 10.2 Å². The van der Waals surface area contributed by atoms with Crippen molar-refractivity contribution in [2.24, 2.45) is 5.41 Å². The molecule has 0 aromatic carbocycles. The van der Waals surface area contributed by atoms with Crippen LogP contribution in [-0.4, -0.2) is 61.5 Å². The van der Waals surface area contributed by atoms with Crippen LogP contribution in [0.2, 0.25) is 0 Å². The van der Waals surface area contributed by atoms with E-state index in [1.807, 2.05) is 0 Å². The Kier molecular flexibility index (Phi) is 3.90. The van der Waals surface area contributed by atoms with Crippen molar-refractivity contribution in [3.63, 3.8) is 0 Å². The number of hydrogen-bond donors (Lipinski definition) is 1. The Morgan fingerprint density at radius 1 is 1.29 bits per heavy atom. The Morgan fingerprint density at radius 2 is 1.95 bits per heavy atom. The maximum Gasteiger partial charge on any atom is 0.410 e. The van der Waals surface area contributed by atoms with Gasteiger partial charge in [-0.15, -0.1) is 0 Å². The second kappa shape index (κ2) is 5.12. The molecule has 0 aliphatic carbocycles. The minimum Gasteiger partial charge on any atom is -0.468 e. The molecule has 2 atom stereocenters. The normalized spacial score (nSPS) is 32.5. The number of halogens is 1. The molecule has 2 fully saturated rings. The number of carbonyl (C=O) groups excluding carboxylic acids is 2. The number of fused-ring (bicyclic) bond motifs is 1. The number of ether oxygens (including phenoxy) is 2. The standard InChI is InChI=1S/C14H23FN2O4/c1-12(2,3)21-11(19)17-6-5-13(10(18)20-4)7-16-8-14(13,15)9-17/h16H,5-9H2,1-4H3/t13-,14+/m0/s1. The van der Waals surface area contributed by atoms with E-state index in [0.29, 0.717) is 0 Å². The molecule has 1 amide bonds. The summed E-state index contributed by atoms with van der Waals surface area (Å²) in [4.78, 5) is 25.5. The molecule has 2 rings (SSSR count). The first-order valence-electron chi connectivity index (χ1n) is 7.10. The van der Waals surface area contributed by atoms with Gasteiger partial charge in [0.15, 0.2) is 5.67 Å². The lowest BCUT2D eigenvalue weighted by Gasteiger charge is -2.45. The third kappa shape index (κ3) is 2.71. The molecule has 0 spiro atoms. The Balaban J connectivity index is 2.16. The van der Waals surface area contributed by atoms with Crippen LogP contribution < -0.4 is 5.32 Å². The maximum absolute atomic E-state index is 15.3. The number of carbonyl (C=O) groups is 2. The van der Waals surface area contributed by atoms with Crippen LogP contribution in [0.15, 0.2) is 0 Å². The number of piperidine rings is 1. The summed E-state index contributed by atoms with van der Waals surface area (Å²) in [5, 5.41) is 2.91. The molecule has 0 aromatic rings. The van der Waals surface area contributed by atoms with Crippen molar-refractivity contribution in [1.29, 1.82) is 0 Å². The van der Waals surface area contributed by atoms with Gasteiger partial charge < -0.3 is 19.7 Å². The zero-order valence-electron chi connectivity index (χ0n) is 13.0. The Morgan fingerprint density at radius 3 is 2.52 bits per heavy atom. The summed E-state index contributed by atoms with van der Waals surface area (Å²) < 4.78 is 25.3. The molecular weight excluding hydrogens is 279 g/mol. The molecule has 2 saturated heterocycles. The average Bonchev–Trinajstić information content (AvgIpc) is 2.72. The first-order chi connectivity index (χ1) is 9.63. The largest absolute Gasteiger partial charge is 0.468 e. The molecule has 0 bridgehead atoms. The molecule has 21 heavy (non-hydrogen) atoms. The van der Waals surface area contributed by atoms with Gasteiger partial charge in [-0.05, 0) is 27.2 Å². The summed E-state index contributed by atoms with van der Waals surface area (Å²) in [6.45, 7) is 5.66. The first-order valence-corrected chi connectivity index (χ1v) is 7.10. The lowest BCUT2D eigenvalue weighted by Crippen LogP contribution is -2.62. The monoisotopic (exact) mass is 302 g/mol. The van der Waals surface area contributed by atoms with E-state index >= 15 is 4.39 Å². The Labute approximate surface area is 123 Å². The number of esters is 1. The van der Waals surface area contributed by atoms with Gasteiger partial charge in [0, 0.05) is 19.6 Å². The molecule has 6 nitrogen and oxygen atoms in total. The van der Waals surface area contributed by atoms with E-state index in [-0.39, 0.29) is 32.6 Å². The van der Waals surface area contributed by atoms with Crippen LogP contribution in [-0.2, 0) is 14.3 Å². The first kappa shape index (κ1) is 16.0. The van der Waals surface area contributed by atoms with E-state index in [2.05, 4.69) is 5.32 Å². The Bertz CT molecular complexity index is 451. The van der Waals surface area contributed by atoms with Crippen molar-refractivity contribution in [3.8, 4) is 0 Å². The Hall–Kier alpha value is -1.37. The quantitative estimate of drug-likeness (QED) is 0.735. The zero-order valence-corrected chi connectivity index (χ0v) is 13.0. The molecule has 0 saturated carbocycles. The van der Waals surface area contributed by atoms with Crippen LogP contribution in [0.3, 0.4) is 0 Å². The SMILES string of the molecule is COC(=O)[C@@]12CCN(C(=O)OC(C)(C)C)C[C@]1(F)CNC2. The second-order valence-corrected chi connectivity index (χ2v) is 6.79. The number of alkyl halides is 1. The number of amides is 1. The number of hydrogen-bond acceptors (Lipinski definition) is 5. The van der Waals surface area contributed by atoms with Gasteiger partial charge >= 0.3 is 12.1 Å². The lowest BCUT2D eigenvalue weighted by atomic mass is 9.70. The highest BCUT2D eigenvalue weighted by atomic mass is 19.1. The average molecular weight is 302 g/mol. The molecule has 7 heteroatoms. The van der Waals surface area contributed by atoms with Crippen LogP contribution in [0.25, 0.3) is 0 Å². The van der Waals surface area contributed by atoms with Crippen LogP contribution >= 0.6 is 0 Å². The summed E-state index contributed by atoms with van der Waals surface area (Å²) >= 11 is 0. The fourth-order valence-corrected chi connectivity index (χ4v) is 3.06.